The van der Waals surface area contributed by atoms with Crippen molar-refractivity contribution in [1.82, 2.24) is 5.32 Å². The van der Waals surface area contributed by atoms with E-state index in [-0.39, 0.29) is 10.6 Å². The molecular weight excluding hydrogens is 284 g/mol. The molecule has 0 saturated heterocycles. The Morgan fingerprint density at radius 2 is 1.95 bits per heavy atom. The van der Waals surface area contributed by atoms with Crippen LogP contribution in [0, 0.1) is 0 Å². The van der Waals surface area contributed by atoms with Gasteiger partial charge in [0, 0.05) is 10.7 Å². The summed E-state index contributed by atoms with van der Waals surface area (Å²) in [5.41, 5.74) is 5.47. The highest BCUT2D eigenvalue weighted by atomic mass is 35.5. The van der Waals surface area contributed by atoms with Gasteiger partial charge in [-0.05, 0) is 44.5 Å². The number of benzene rings is 1. The first-order valence-corrected chi connectivity index (χ1v) is 6.24. The van der Waals surface area contributed by atoms with E-state index in [9.17, 15) is 14.7 Å². The Morgan fingerprint density at radius 1 is 1.35 bits per heavy atom. The minimum atomic E-state index is -1.29. The second kappa shape index (κ2) is 6.00. The quantitative estimate of drug-likeness (QED) is 0.745. The van der Waals surface area contributed by atoms with Gasteiger partial charge in [-0.3, -0.25) is 0 Å². The standard InChI is InChI=1S/C13H17ClN2O4/c1-13(2,3)20-12(19)16-10(11(17)18)7-4-8(14)6-9(15)5-7/h4-6,10H,15H2,1-3H3,(H,16,19)(H,17,18). The number of anilines is 1. The molecule has 0 fully saturated rings. The highest BCUT2D eigenvalue weighted by Gasteiger charge is 2.25. The maximum absolute atomic E-state index is 11.7. The van der Waals surface area contributed by atoms with Crippen LogP contribution in [0.25, 0.3) is 0 Å². The summed E-state index contributed by atoms with van der Waals surface area (Å²) in [5.74, 6) is -1.24. The number of hydrogen-bond acceptors (Lipinski definition) is 4. The maximum atomic E-state index is 11.7. The summed E-state index contributed by atoms with van der Waals surface area (Å²) < 4.78 is 5.02. The molecule has 6 nitrogen and oxygen atoms in total. The van der Waals surface area contributed by atoms with Gasteiger partial charge in [0.1, 0.15) is 5.60 Å². The molecular formula is C13H17ClN2O4. The monoisotopic (exact) mass is 300 g/mol. The fraction of sp³-hybridized carbons (Fsp3) is 0.385. The number of halogens is 1. The molecule has 0 aromatic heterocycles. The number of carbonyl (C=O) groups is 2. The van der Waals surface area contributed by atoms with Gasteiger partial charge in [0.2, 0.25) is 0 Å². The van der Waals surface area contributed by atoms with Crippen molar-refractivity contribution < 1.29 is 19.4 Å². The van der Waals surface area contributed by atoms with Gasteiger partial charge in [-0.1, -0.05) is 11.6 Å². The van der Waals surface area contributed by atoms with Crippen LogP contribution >= 0.6 is 11.6 Å². The van der Waals surface area contributed by atoms with Gasteiger partial charge in [-0.2, -0.15) is 0 Å². The number of aliphatic carboxylic acids is 1. The lowest BCUT2D eigenvalue weighted by atomic mass is 10.1. The number of nitrogens with one attached hydrogen (secondary N) is 1. The van der Waals surface area contributed by atoms with Crippen molar-refractivity contribution in [2.75, 3.05) is 5.73 Å². The minimum absolute atomic E-state index is 0.272. The molecule has 1 amide bonds. The lowest BCUT2D eigenvalue weighted by Crippen LogP contribution is -2.38. The second-order valence-electron chi connectivity index (χ2n) is 5.24. The van der Waals surface area contributed by atoms with Gasteiger partial charge in [0.15, 0.2) is 6.04 Å². The van der Waals surface area contributed by atoms with Gasteiger partial charge in [-0.25, -0.2) is 9.59 Å². The Hall–Kier alpha value is -1.95. The molecule has 1 aromatic carbocycles. The van der Waals surface area contributed by atoms with E-state index in [2.05, 4.69) is 5.32 Å². The summed E-state index contributed by atoms with van der Waals surface area (Å²) in [5, 5.41) is 11.8. The normalized spacial score (nSPS) is 12.6. The predicted octanol–water partition coefficient (Wildman–Crippen LogP) is 2.57. The van der Waals surface area contributed by atoms with Crippen molar-refractivity contribution >= 4 is 29.4 Å². The van der Waals surface area contributed by atoms with Crippen LogP contribution in [0.4, 0.5) is 10.5 Å². The fourth-order valence-electron chi connectivity index (χ4n) is 1.52. The molecule has 0 heterocycles. The molecule has 0 aliphatic heterocycles. The number of rotatable bonds is 3. The third kappa shape index (κ3) is 4.97. The Morgan fingerprint density at radius 3 is 2.40 bits per heavy atom. The van der Waals surface area contributed by atoms with E-state index in [0.717, 1.165) is 0 Å². The van der Waals surface area contributed by atoms with Gasteiger partial charge in [0.05, 0.1) is 0 Å². The molecule has 1 unspecified atom stereocenters. The molecule has 0 radical (unpaired) electrons. The molecule has 4 N–H and O–H groups in total. The molecule has 7 heteroatoms. The van der Waals surface area contributed by atoms with Gasteiger partial charge >= 0.3 is 12.1 Å². The van der Waals surface area contributed by atoms with Crippen LogP contribution in [0.15, 0.2) is 18.2 Å². The zero-order valence-electron chi connectivity index (χ0n) is 11.4. The predicted molar refractivity (Wildman–Crippen MR) is 75.6 cm³/mol. The first-order valence-electron chi connectivity index (χ1n) is 5.87. The number of ether oxygens (including phenoxy) is 1. The average molecular weight is 301 g/mol. The number of carbonyl (C=O) groups excluding carboxylic acids is 1. The van der Waals surface area contributed by atoms with Crippen LogP contribution in [0.1, 0.15) is 32.4 Å². The topological polar surface area (TPSA) is 102 Å². The van der Waals surface area contributed by atoms with E-state index in [1.54, 1.807) is 20.8 Å². The number of nitrogens with two attached hydrogens (primary N) is 1. The third-order valence-electron chi connectivity index (χ3n) is 2.18. The molecule has 20 heavy (non-hydrogen) atoms. The van der Waals surface area contributed by atoms with Crippen LogP contribution in [0.5, 0.6) is 0 Å². The number of carboxylic acid groups (broad SMARTS) is 1. The Balaban J connectivity index is 2.95. The summed E-state index contributed by atoms with van der Waals surface area (Å²) in [6, 6.07) is 3.05. The number of hydrogen-bond donors (Lipinski definition) is 3. The molecule has 0 bridgehead atoms. The molecule has 1 rings (SSSR count). The third-order valence-corrected chi connectivity index (χ3v) is 2.40. The van der Waals surface area contributed by atoms with Gasteiger partial charge in [0.25, 0.3) is 0 Å². The minimum Gasteiger partial charge on any atom is -0.479 e. The Bertz CT molecular complexity index is 505. The number of nitrogen functional groups attached to an aromatic ring is 1. The zero-order chi connectivity index (χ0) is 15.5. The van der Waals surface area contributed by atoms with E-state index in [1.165, 1.54) is 18.2 Å². The largest absolute Gasteiger partial charge is 0.479 e. The van der Waals surface area contributed by atoms with E-state index >= 15 is 0 Å². The molecule has 110 valence electrons. The van der Waals surface area contributed by atoms with E-state index in [4.69, 9.17) is 22.1 Å². The van der Waals surface area contributed by atoms with E-state index in [0.29, 0.717) is 5.69 Å². The molecule has 0 saturated carbocycles. The molecule has 0 spiro atoms. The van der Waals surface area contributed by atoms with E-state index < -0.39 is 23.7 Å². The highest BCUT2D eigenvalue weighted by Crippen LogP contribution is 2.22. The summed E-state index contributed by atoms with van der Waals surface area (Å²) in [6.45, 7) is 5.04. The summed E-state index contributed by atoms with van der Waals surface area (Å²) >= 11 is 5.83. The van der Waals surface area contributed by atoms with Crippen molar-refractivity contribution in [3.63, 3.8) is 0 Å². The summed E-state index contributed by atoms with van der Waals surface area (Å²) in [6.07, 6.45) is -0.830. The lowest BCUT2D eigenvalue weighted by Gasteiger charge is -2.22. The second-order valence-corrected chi connectivity index (χ2v) is 5.67. The Kier molecular flexibility index (Phi) is 4.83. The first-order chi connectivity index (χ1) is 9.08. The first kappa shape index (κ1) is 16.1. The van der Waals surface area contributed by atoms with Crippen LogP contribution in [0.2, 0.25) is 5.02 Å². The highest BCUT2D eigenvalue weighted by molar-refractivity contribution is 6.31. The van der Waals surface area contributed by atoms with Crippen LogP contribution in [-0.2, 0) is 9.53 Å². The molecule has 1 aromatic rings. The number of amides is 1. The summed E-state index contributed by atoms with van der Waals surface area (Å²) in [4.78, 5) is 22.9. The molecule has 0 aliphatic carbocycles. The lowest BCUT2D eigenvalue weighted by molar-refractivity contribution is -0.139. The summed E-state index contributed by atoms with van der Waals surface area (Å²) in [7, 11) is 0. The Labute approximate surface area is 121 Å². The number of carboxylic acids is 1. The average Bonchev–Trinajstić information content (AvgIpc) is 2.21. The van der Waals surface area contributed by atoms with Crippen molar-refractivity contribution in [2.45, 2.75) is 32.4 Å². The maximum Gasteiger partial charge on any atom is 0.408 e. The fourth-order valence-corrected chi connectivity index (χ4v) is 1.77. The van der Waals surface area contributed by atoms with Crippen molar-refractivity contribution in [3.8, 4) is 0 Å². The SMILES string of the molecule is CC(C)(C)OC(=O)NC(C(=O)O)c1cc(N)cc(Cl)c1. The zero-order valence-corrected chi connectivity index (χ0v) is 12.2. The molecule has 1 atom stereocenters. The smallest absolute Gasteiger partial charge is 0.408 e. The van der Waals surface area contributed by atoms with Crippen molar-refractivity contribution in [3.05, 3.63) is 28.8 Å². The van der Waals surface area contributed by atoms with Crippen molar-refractivity contribution in [2.24, 2.45) is 0 Å². The van der Waals surface area contributed by atoms with Crippen LogP contribution < -0.4 is 11.1 Å². The van der Waals surface area contributed by atoms with Crippen LogP contribution in [-0.4, -0.2) is 22.8 Å². The van der Waals surface area contributed by atoms with Crippen LogP contribution in [0.3, 0.4) is 0 Å². The molecule has 0 aliphatic rings. The van der Waals surface area contributed by atoms with Gasteiger partial charge < -0.3 is 20.9 Å². The van der Waals surface area contributed by atoms with E-state index in [1.807, 2.05) is 0 Å². The van der Waals surface area contributed by atoms with Crippen molar-refractivity contribution in [1.29, 1.82) is 0 Å². The number of alkyl carbamates (subject to hydrolysis) is 1. The van der Waals surface area contributed by atoms with Gasteiger partial charge in [-0.15, -0.1) is 0 Å².